The molecule has 3 rings (SSSR count). The number of hydrogen-bond donors (Lipinski definition) is 1. The Hall–Kier alpha value is -1.07. The maximum atomic E-state index is 11.9. The standard InChI is InChI=1S/C15H24N2O3/c1-15(2,3)20-14(18)17-9-8-12(16-17)19-13(10-4-5-10)11-6-7-11/h8-13,16H,4-7H2,1-3H3. The molecule has 0 aromatic rings. The van der Waals surface area contributed by atoms with E-state index in [2.05, 4.69) is 5.43 Å². The number of carbonyl (C=O) groups excluding carboxylic acids is 1. The summed E-state index contributed by atoms with van der Waals surface area (Å²) >= 11 is 0. The zero-order valence-electron chi connectivity index (χ0n) is 12.5. The molecule has 3 aliphatic rings. The summed E-state index contributed by atoms with van der Waals surface area (Å²) in [5, 5.41) is 1.37. The maximum absolute atomic E-state index is 11.9. The fraction of sp³-hybridized carbons (Fsp3) is 0.800. The number of nitrogens with one attached hydrogen (secondary N) is 1. The Morgan fingerprint density at radius 3 is 2.35 bits per heavy atom. The van der Waals surface area contributed by atoms with Crippen molar-refractivity contribution in [1.29, 1.82) is 0 Å². The van der Waals surface area contributed by atoms with Crippen LogP contribution in [-0.2, 0) is 9.47 Å². The van der Waals surface area contributed by atoms with E-state index in [9.17, 15) is 4.79 Å². The Balaban J connectivity index is 1.49. The van der Waals surface area contributed by atoms with Gasteiger partial charge in [-0.05, 0) is 64.4 Å². The zero-order chi connectivity index (χ0) is 14.3. The van der Waals surface area contributed by atoms with Gasteiger partial charge in [-0.25, -0.2) is 9.80 Å². The number of carbonyl (C=O) groups is 1. The van der Waals surface area contributed by atoms with Crippen molar-refractivity contribution in [3.8, 4) is 0 Å². The Kier molecular flexibility index (Phi) is 3.50. The van der Waals surface area contributed by atoms with Crippen LogP contribution in [-0.4, -0.2) is 29.0 Å². The van der Waals surface area contributed by atoms with E-state index in [1.165, 1.54) is 30.7 Å². The Labute approximate surface area is 120 Å². The van der Waals surface area contributed by atoms with Crippen LogP contribution in [0.4, 0.5) is 4.79 Å². The van der Waals surface area contributed by atoms with Gasteiger partial charge in [-0.3, -0.25) is 0 Å². The van der Waals surface area contributed by atoms with Gasteiger partial charge in [-0.2, -0.15) is 5.43 Å². The second-order valence-electron chi connectivity index (χ2n) is 7.02. The van der Waals surface area contributed by atoms with Gasteiger partial charge in [0.15, 0.2) is 0 Å². The van der Waals surface area contributed by atoms with E-state index < -0.39 is 11.7 Å². The Morgan fingerprint density at radius 2 is 1.85 bits per heavy atom. The van der Waals surface area contributed by atoms with Crippen molar-refractivity contribution in [1.82, 2.24) is 10.4 Å². The fourth-order valence-corrected chi connectivity index (χ4v) is 2.51. The van der Waals surface area contributed by atoms with E-state index in [-0.39, 0.29) is 6.23 Å². The van der Waals surface area contributed by atoms with Gasteiger partial charge in [0.2, 0.25) is 0 Å². The smallest absolute Gasteiger partial charge is 0.429 e. The molecular weight excluding hydrogens is 256 g/mol. The second kappa shape index (κ2) is 5.04. The zero-order valence-corrected chi connectivity index (χ0v) is 12.5. The summed E-state index contributed by atoms with van der Waals surface area (Å²) in [4.78, 5) is 11.9. The highest BCUT2D eigenvalue weighted by Gasteiger charge is 2.43. The number of hydrogen-bond acceptors (Lipinski definition) is 4. The van der Waals surface area contributed by atoms with Gasteiger partial charge < -0.3 is 9.47 Å². The number of hydrazine groups is 1. The summed E-state index contributed by atoms with van der Waals surface area (Å²) in [7, 11) is 0. The van der Waals surface area contributed by atoms with E-state index in [0.29, 0.717) is 6.10 Å². The predicted molar refractivity (Wildman–Crippen MR) is 74.5 cm³/mol. The molecule has 0 saturated heterocycles. The van der Waals surface area contributed by atoms with E-state index in [1.807, 2.05) is 26.8 Å². The van der Waals surface area contributed by atoms with Crippen molar-refractivity contribution in [2.75, 3.05) is 0 Å². The summed E-state index contributed by atoms with van der Waals surface area (Å²) in [6.45, 7) is 5.57. The van der Waals surface area contributed by atoms with Crippen molar-refractivity contribution in [3.05, 3.63) is 12.3 Å². The van der Waals surface area contributed by atoms with Gasteiger partial charge in [0, 0.05) is 6.20 Å². The van der Waals surface area contributed by atoms with Crippen molar-refractivity contribution in [2.24, 2.45) is 11.8 Å². The molecule has 0 radical (unpaired) electrons. The SMILES string of the molecule is CC(C)(C)OC(=O)N1C=CC(OC(C2CC2)C2CC2)N1. The van der Waals surface area contributed by atoms with Crippen LogP contribution in [0.25, 0.3) is 0 Å². The average molecular weight is 280 g/mol. The molecule has 1 heterocycles. The highest BCUT2D eigenvalue weighted by molar-refractivity contribution is 5.69. The third kappa shape index (κ3) is 3.52. The lowest BCUT2D eigenvalue weighted by Crippen LogP contribution is -2.44. The summed E-state index contributed by atoms with van der Waals surface area (Å²) in [6, 6.07) is 0. The molecule has 0 aromatic carbocycles. The molecule has 1 atom stereocenters. The molecule has 0 aromatic heterocycles. The largest absolute Gasteiger partial charge is 0.442 e. The molecule has 20 heavy (non-hydrogen) atoms. The second-order valence-corrected chi connectivity index (χ2v) is 7.02. The molecule has 2 saturated carbocycles. The van der Waals surface area contributed by atoms with E-state index in [4.69, 9.17) is 9.47 Å². The molecule has 1 aliphatic heterocycles. The molecule has 1 unspecified atom stereocenters. The molecule has 2 fully saturated rings. The molecule has 112 valence electrons. The van der Waals surface area contributed by atoms with Crippen LogP contribution in [0.5, 0.6) is 0 Å². The van der Waals surface area contributed by atoms with Crippen molar-refractivity contribution >= 4 is 6.09 Å². The quantitative estimate of drug-likeness (QED) is 0.860. The van der Waals surface area contributed by atoms with Crippen LogP contribution >= 0.6 is 0 Å². The average Bonchev–Trinajstić information content (AvgIpc) is 3.24. The van der Waals surface area contributed by atoms with Gasteiger partial charge in [-0.15, -0.1) is 0 Å². The van der Waals surface area contributed by atoms with E-state index >= 15 is 0 Å². The number of nitrogens with zero attached hydrogens (tertiary/aromatic N) is 1. The highest BCUT2D eigenvalue weighted by Crippen LogP contribution is 2.46. The molecule has 1 N–H and O–H groups in total. The monoisotopic (exact) mass is 280 g/mol. The first kappa shape index (κ1) is 13.9. The third-order valence-corrected chi connectivity index (χ3v) is 3.74. The summed E-state index contributed by atoms with van der Waals surface area (Å²) in [6.07, 6.45) is 8.46. The molecule has 1 amide bonds. The van der Waals surface area contributed by atoms with Gasteiger partial charge in [0.05, 0.1) is 6.10 Å². The van der Waals surface area contributed by atoms with E-state index in [0.717, 1.165) is 11.8 Å². The lowest BCUT2D eigenvalue weighted by Gasteiger charge is -2.26. The first-order chi connectivity index (χ1) is 9.42. The fourth-order valence-electron chi connectivity index (χ4n) is 2.51. The molecule has 2 aliphatic carbocycles. The predicted octanol–water partition coefficient (Wildman–Crippen LogP) is 2.79. The third-order valence-electron chi connectivity index (χ3n) is 3.74. The number of rotatable bonds is 4. The lowest BCUT2D eigenvalue weighted by atomic mass is 10.1. The lowest BCUT2D eigenvalue weighted by molar-refractivity contribution is -0.0475. The topological polar surface area (TPSA) is 50.8 Å². The van der Waals surface area contributed by atoms with Crippen LogP contribution in [0, 0.1) is 11.8 Å². The van der Waals surface area contributed by atoms with Gasteiger partial charge in [0.25, 0.3) is 0 Å². The van der Waals surface area contributed by atoms with Crippen LogP contribution in [0.2, 0.25) is 0 Å². The van der Waals surface area contributed by atoms with Crippen LogP contribution in [0.15, 0.2) is 12.3 Å². The first-order valence-corrected chi connectivity index (χ1v) is 7.54. The number of amides is 1. The van der Waals surface area contributed by atoms with Crippen LogP contribution < -0.4 is 5.43 Å². The highest BCUT2D eigenvalue weighted by atomic mass is 16.6. The summed E-state index contributed by atoms with van der Waals surface area (Å²) < 4.78 is 11.4. The molecular formula is C15H24N2O3. The van der Waals surface area contributed by atoms with Gasteiger partial charge in [-0.1, -0.05) is 0 Å². The minimum absolute atomic E-state index is 0.214. The molecule has 5 nitrogen and oxygen atoms in total. The van der Waals surface area contributed by atoms with Crippen molar-refractivity contribution in [2.45, 2.75) is 64.4 Å². The Bertz CT molecular complexity index is 396. The minimum atomic E-state index is -0.490. The minimum Gasteiger partial charge on any atom is -0.442 e. The first-order valence-electron chi connectivity index (χ1n) is 7.54. The van der Waals surface area contributed by atoms with Crippen molar-refractivity contribution in [3.63, 3.8) is 0 Å². The van der Waals surface area contributed by atoms with Gasteiger partial charge in [0.1, 0.15) is 11.8 Å². The van der Waals surface area contributed by atoms with Crippen LogP contribution in [0.3, 0.4) is 0 Å². The normalized spacial score (nSPS) is 26.4. The van der Waals surface area contributed by atoms with Gasteiger partial charge >= 0.3 is 6.09 Å². The van der Waals surface area contributed by atoms with Crippen LogP contribution in [0.1, 0.15) is 46.5 Å². The molecule has 0 bridgehead atoms. The number of ether oxygens (including phenoxy) is 2. The van der Waals surface area contributed by atoms with Crippen molar-refractivity contribution < 1.29 is 14.3 Å². The Morgan fingerprint density at radius 1 is 1.25 bits per heavy atom. The summed E-state index contributed by atoms with van der Waals surface area (Å²) in [5.74, 6) is 1.46. The van der Waals surface area contributed by atoms with E-state index in [1.54, 1.807) is 6.20 Å². The summed E-state index contributed by atoms with van der Waals surface area (Å²) in [5.41, 5.74) is 2.54. The molecule has 0 spiro atoms. The molecule has 5 heteroatoms. The maximum Gasteiger partial charge on any atom is 0.429 e.